The Kier molecular flexibility index (Phi) is 4.19. The Hall–Kier alpha value is -1.56. The van der Waals surface area contributed by atoms with Gasteiger partial charge in [-0.1, -0.05) is 0 Å². The topological polar surface area (TPSA) is 58.8 Å². The van der Waals surface area contributed by atoms with Gasteiger partial charge in [-0.25, -0.2) is 9.78 Å². The number of rotatable bonds is 3. The highest BCUT2D eigenvalue weighted by molar-refractivity contribution is 5.67. The summed E-state index contributed by atoms with van der Waals surface area (Å²) in [6, 6.07) is 0. The van der Waals surface area contributed by atoms with Crippen LogP contribution in [0.3, 0.4) is 0 Å². The second-order valence-electron chi connectivity index (χ2n) is 4.32. The maximum absolute atomic E-state index is 11.5. The smallest absolute Gasteiger partial charge is 0.409 e. The van der Waals surface area contributed by atoms with Gasteiger partial charge in [-0.05, 0) is 6.92 Å². The largest absolute Gasteiger partial charge is 0.450 e. The number of piperazine rings is 1. The molecule has 6 nitrogen and oxygen atoms in total. The summed E-state index contributed by atoms with van der Waals surface area (Å²) >= 11 is 0. The lowest BCUT2D eigenvalue weighted by atomic mass is 10.3. The van der Waals surface area contributed by atoms with E-state index in [0.717, 1.165) is 25.3 Å². The molecular weight excluding hydrogens is 234 g/mol. The Morgan fingerprint density at radius 3 is 2.72 bits per heavy atom. The monoisotopic (exact) mass is 253 g/mol. The van der Waals surface area contributed by atoms with Crippen LogP contribution in [0.1, 0.15) is 18.5 Å². The number of oxazole rings is 1. The summed E-state index contributed by atoms with van der Waals surface area (Å²) in [5.41, 5.74) is 0.942. The van der Waals surface area contributed by atoms with E-state index in [0.29, 0.717) is 25.6 Å². The molecule has 18 heavy (non-hydrogen) atoms. The van der Waals surface area contributed by atoms with Crippen molar-refractivity contribution >= 4 is 6.09 Å². The van der Waals surface area contributed by atoms with Gasteiger partial charge in [0.25, 0.3) is 0 Å². The van der Waals surface area contributed by atoms with Crippen molar-refractivity contribution in [2.45, 2.75) is 20.4 Å². The predicted octanol–water partition coefficient (Wildman–Crippen LogP) is 1.26. The molecule has 1 fully saturated rings. The molecule has 0 aromatic carbocycles. The summed E-state index contributed by atoms with van der Waals surface area (Å²) in [6.07, 6.45) is 1.47. The van der Waals surface area contributed by atoms with E-state index in [1.807, 2.05) is 13.8 Å². The van der Waals surface area contributed by atoms with Crippen LogP contribution in [0.5, 0.6) is 0 Å². The lowest BCUT2D eigenvalue weighted by molar-refractivity contribution is 0.0775. The molecule has 1 saturated heterocycles. The molecule has 0 aliphatic carbocycles. The van der Waals surface area contributed by atoms with E-state index in [9.17, 15) is 4.79 Å². The highest BCUT2D eigenvalue weighted by Crippen LogP contribution is 2.09. The predicted molar refractivity (Wildman–Crippen MR) is 65.1 cm³/mol. The molecule has 1 aromatic rings. The van der Waals surface area contributed by atoms with Crippen LogP contribution in [0.4, 0.5) is 4.79 Å². The van der Waals surface area contributed by atoms with Crippen molar-refractivity contribution in [2.24, 2.45) is 0 Å². The lowest BCUT2D eigenvalue weighted by Gasteiger charge is -2.33. The second kappa shape index (κ2) is 5.86. The van der Waals surface area contributed by atoms with Crippen LogP contribution in [-0.2, 0) is 11.3 Å². The summed E-state index contributed by atoms with van der Waals surface area (Å²) in [5.74, 6) is 0.690. The summed E-state index contributed by atoms with van der Waals surface area (Å²) < 4.78 is 10.2. The van der Waals surface area contributed by atoms with Crippen molar-refractivity contribution in [3.63, 3.8) is 0 Å². The standard InChI is InChI=1S/C12H19N3O3/c1-3-17-12(16)15-6-4-14(5-7-15)8-11-9-18-10(2)13-11/h9H,3-8H2,1-2H3. The molecule has 0 N–H and O–H groups in total. The number of nitrogens with zero attached hydrogens (tertiary/aromatic N) is 3. The highest BCUT2D eigenvalue weighted by atomic mass is 16.6. The quantitative estimate of drug-likeness (QED) is 0.811. The van der Waals surface area contributed by atoms with Crippen LogP contribution in [0, 0.1) is 6.92 Å². The molecule has 0 bridgehead atoms. The van der Waals surface area contributed by atoms with Crippen molar-refractivity contribution in [2.75, 3.05) is 32.8 Å². The molecule has 0 radical (unpaired) electrons. The fraction of sp³-hybridized carbons (Fsp3) is 0.667. The zero-order valence-electron chi connectivity index (χ0n) is 10.9. The minimum absolute atomic E-state index is 0.213. The molecule has 1 aliphatic rings. The van der Waals surface area contributed by atoms with Crippen LogP contribution >= 0.6 is 0 Å². The van der Waals surface area contributed by atoms with E-state index in [-0.39, 0.29) is 6.09 Å². The van der Waals surface area contributed by atoms with E-state index in [1.165, 1.54) is 0 Å². The fourth-order valence-electron chi connectivity index (χ4n) is 2.01. The van der Waals surface area contributed by atoms with Gasteiger partial charge in [-0.2, -0.15) is 0 Å². The van der Waals surface area contributed by atoms with Crippen molar-refractivity contribution < 1.29 is 13.9 Å². The van der Waals surface area contributed by atoms with E-state index in [4.69, 9.17) is 9.15 Å². The number of amides is 1. The Balaban J connectivity index is 1.78. The van der Waals surface area contributed by atoms with Gasteiger partial charge in [0.15, 0.2) is 5.89 Å². The molecule has 100 valence electrons. The third kappa shape index (κ3) is 3.22. The highest BCUT2D eigenvalue weighted by Gasteiger charge is 2.22. The molecule has 1 aliphatic heterocycles. The second-order valence-corrected chi connectivity index (χ2v) is 4.32. The minimum atomic E-state index is -0.213. The Morgan fingerprint density at radius 1 is 1.44 bits per heavy atom. The summed E-state index contributed by atoms with van der Waals surface area (Å²) in [5, 5.41) is 0. The third-order valence-electron chi connectivity index (χ3n) is 2.95. The first-order valence-electron chi connectivity index (χ1n) is 6.24. The number of aromatic nitrogens is 1. The van der Waals surface area contributed by atoms with Gasteiger partial charge < -0.3 is 14.1 Å². The Morgan fingerprint density at radius 2 is 2.17 bits per heavy atom. The number of carbonyl (C=O) groups excluding carboxylic acids is 1. The van der Waals surface area contributed by atoms with E-state index < -0.39 is 0 Å². The molecule has 0 spiro atoms. The van der Waals surface area contributed by atoms with Crippen LogP contribution < -0.4 is 0 Å². The van der Waals surface area contributed by atoms with Gasteiger partial charge in [0.2, 0.25) is 0 Å². The molecule has 2 heterocycles. The van der Waals surface area contributed by atoms with Crippen molar-refractivity contribution in [3.05, 3.63) is 17.8 Å². The van der Waals surface area contributed by atoms with E-state index >= 15 is 0 Å². The first kappa shape index (κ1) is 12.9. The summed E-state index contributed by atoms with van der Waals surface area (Å²) in [7, 11) is 0. The maximum atomic E-state index is 11.5. The minimum Gasteiger partial charge on any atom is -0.450 e. The van der Waals surface area contributed by atoms with Gasteiger partial charge in [-0.15, -0.1) is 0 Å². The fourth-order valence-corrected chi connectivity index (χ4v) is 2.01. The maximum Gasteiger partial charge on any atom is 0.409 e. The molecular formula is C12H19N3O3. The zero-order valence-corrected chi connectivity index (χ0v) is 10.9. The van der Waals surface area contributed by atoms with Crippen molar-refractivity contribution in [1.29, 1.82) is 0 Å². The molecule has 6 heteroatoms. The van der Waals surface area contributed by atoms with Gasteiger partial charge in [0.05, 0.1) is 12.3 Å². The SMILES string of the molecule is CCOC(=O)N1CCN(Cc2coc(C)n2)CC1. The first-order chi connectivity index (χ1) is 8.69. The lowest BCUT2D eigenvalue weighted by Crippen LogP contribution is -2.48. The molecule has 1 amide bonds. The number of hydrogen-bond donors (Lipinski definition) is 0. The Bertz CT molecular complexity index is 397. The van der Waals surface area contributed by atoms with Gasteiger partial charge in [0.1, 0.15) is 6.26 Å². The van der Waals surface area contributed by atoms with Crippen LogP contribution in [-0.4, -0.2) is 53.7 Å². The molecule has 0 saturated carbocycles. The summed E-state index contributed by atoms with van der Waals surface area (Å²) in [4.78, 5) is 19.8. The first-order valence-corrected chi connectivity index (χ1v) is 6.24. The number of carbonyl (C=O) groups is 1. The third-order valence-corrected chi connectivity index (χ3v) is 2.95. The number of ether oxygens (including phenoxy) is 1. The van der Waals surface area contributed by atoms with Crippen LogP contribution in [0.2, 0.25) is 0 Å². The van der Waals surface area contributed by atoms with Gasteiger partial charge >= 0.3 is 6.09 Å². The molecule has 2 rings (SSSR count). The number of hydrogen-bond acceptors (Lipinski definition) is 5. The van der Waals surface area contributed by atoms with E-state index in [1.54, 1.807) is 11.2 Å². The Labute approximate surface area is 107 Å². The van der Waals surface area contributed by atoms with Crippen molar-refractivity contribution in [1.82, 2.24) is 14.8 Å². The van der Waals surface area contributed by atoms with E-state index in [2.05, 4.69) is 9.88 Å². The van der Waals surface area contributed by atoms with Crippen molar-refractivity contribution in [3.8, 4) is 0 Å². The van der Waals surface area contributed by atoms with Crippen LogP contribution in [0.25, 0.3) is 0 Å². The van der Waals surface area contributed by atoms with Gasteiger partial charge in [-0.3, -0.25) is 4.90 Å². The number of aryl methyl sites for hydroxylation is 1. The molecule has 1 aromatic heterocycles. The molecule has 0 atom stereocenters. The van der Waals surface area contributed by atoms with Gasteiger partial charge in [0, 0.05) is 39.6 Å². The summed E-state index contributed by atoms with van der Waals surface area (Å²) in [6.45, 7) is 7.94. The molecule has 0 unspecified atom stereocenters. The normalized spacial score (nSPS) is 16.9. The average Bonchev–Trinajstić information content (AvgIpc) is 2.76. The average molecular weight is 253 g/mol. The zero-order chi connectivity index (χ0) is 13.0. The van der Waals surface area contributed by atoms with Crippen LogP contribution in [0.15, 0.2) is 10.7 Å².